The molecule has 0 aliphatic heterocycles. The Morgan fingerprint density at radius 2 is 2.00 bits per heavy atom. The largest absolute Gasteiger partial charge is 0.383 e. The highest BCUT2D eigenvalue weighted by atomic mass is 16.5. The molecule has 3 nitrogen and oxygen atoms in total. The molecule has 0 spiro atoms. The number of nitrogens with zero attached hydrogens (tertiary/aromatic N) is 1. The Kier molecular flexibility index (Phi) is 7.82. The molecule has 0 aromatic carbocycles. The molecule has 1 N–H and O–H groups in total. The molecule has 0 heterocycles. The number of methoxy groups -OCH3 is 1. The highest BCUT2D eigenvalue weighted by Gasteiger charge is 2.23. The molecule has 0 radical (unpaired) electrons. The van der Waals surface area contributed by atoms with Crippen LogP contribution in [-0.4, -0.2) is 50.3 Å². The zero-order valence-electron chi connectivity index (χ0n) is 11.9. The van der Waals surface area contributed by atoms with Crippen molar-refractivity contribution in [3.63, 3.8) is 0 Å². The summed E-state index contributed by atoms with van der Waals surface area (Å²) in [5.74, 6) is 0. The van der Waals surface area contributed by atoms with E-state index in [2.05, 4.69) is 24.1 Å². The van der Waals surface area contributed by atoms with Gasteiger partial charge in [-0.25, -0.2) is 0 Å². The van der Waals surface area contributed by atoms with Gasteiger partial charge in [0.25, 0.3) is 0 Å². The van der Waals surface area contributed by atoms with Gasteiger partial charge in [-0.1, -0.05) is 26.2 Å². The molecular weight excluding hydrogens is 212 g/mol. The third kappa shape index (κ3) is 5.36. The van der Waals surface area contributed by atoms with E-state index in [-0.39, 0.29) is 0 Å². The van der Waals surface area contributed by atoms with E-state index >= 15 is 0 Å². The zero-order valence-corrected chi connectivity index (χ0v) is 11.9. The minimum absolute atomic E-state index is 0.639. The lowest BCUT2D eigenvalue weighted by atomic mass is 9.93. The van der Waals surface area contributed by atoms with Crippen LogP contribution in [0.4, 0.5) is 0 Å². The van der Waals surface area contributed by atoms with Crippen LogP contribution in [0.5, 0.6) is 0 Å². The van der Waals surface area contributed by atoms with E-state index in [1.165, 1.54) is 38.6 Å². The van der Waals surface area contributed by atoms with Crippen LogP contribution in [-0.2, 0) is 4.74 Å². The Morgan fingerprint density at radius 3 is 2.59 bits per heavy atom. The summed E-state index contributed by atoms with van der Waals surface area (Å²) in [7, 11) is 1.76. The summed E-state index contributed by atoms with van der Waals surface area (Å²) in [5.41, 5.74) is 0. The summed E-state index contributed by atoms with van der Waals surface area (Å²) in [4.78, 5) is 2.68. The highest BCUT2D eigenvalue weighted by molar-refractivity contribution is 4.80. The molecule has 1 fully saturated rings. The normalized spacial score (nSPS) is 19.8. The first kappa shape index (κ1) is 14.9. The van der Waals surface area contributed by atoms with Crippen LogP contribution in [0, 0.1) is 0 Å². The standard InChI is InChI=1S/C14H30N2O/c1-4-16(14-8-6-5-7-9-14)13(2)12-15-10-11-17-3/h13-15H,4-12H2,1-3H3. The fourth-order valence-corrected chi connectivity index (χ4v) is 2.94. The molecule has 1 saturated carbocycles. The smallest absolute Gasteiger partial charge is 0.0587 e. The topological polar surface area (TPSA) is 24.5 Å². The van der Waals surface area contributed by atoms with Gasteiger partial charge in [-0.05, 0) is 26.3 Å². The molecule has 102 valence electrons. The van der Waals surface area contributed by atoms with E-state index < -0.39 is 0 Å². The Bertz CT molecular complexity index is 181. The maximum atomic E-state index is 5.05. The average molecular weight is 242 g/mol. The molecule has 1 unspecified atom stereocenters. The Hall–Kier alpha value is -0.120. The van der Waals surface area contributed by atoms with Crippen molar-refractivity contribution < 1.29 is 4.74 Å². The molecule has 3 heteroatoms. The van der Waals surface area contributed by atoms with Gasteiger partial charge in [-0.3, -0.25) is 4.90 Å². The van der Waals surface area contributed by atoms with Gasteiger partial charge in [0.15, 0.2) is 0 Å². The Balaban J connectivity index is 2.26. The zero-order chi connectivity index (χ0) is 12.5. The van der Waals surface area contributed by atoms with Crippen LogP contribution < -0.4 is 5.32 Å². The molecule has 1 aliphatic carbocycles. The Labute approximate surface area is 107 Å². The molecule has 1 rings (SSSR count). The summed E-state index contributed by atoms with van der Waals surface area (Å²) >= 11 is 0. The number of hydrogen-bond acceptors (Lipinski definition) is 3. The number of rotatable bonds is 8. The Morgan fingerprint density at radius 1 is 1.29 bits per heavy atom. The lowest BCUT2D eigenvalue weighted by Gasteiger charge is -2.38. The third-order valence-electron chi connectivity index (χ3n) is 3.90. The highest BCUT2D eigenvalue weighted by Crippen LogP contribution is 2.23. The summed E-state index contributed by atoms with van der Waals surface area (Å²) in [6.07, 6.45) is 7.08. The van der Waals surface area contributed by atoms with E-state index in [1.807, 2.05) is 0 Å². The van der Waals surface area contributed by atoms with E-state index in [4.69, 9.17) is 4.74 Å². The van der Waals surface area contributed by atoms with E-state index in [1.54, 1.807) is 7.11 Å². The van der Waals surface area contributed by atoms with E-state index in [0.29, 0.717) is 6.04 Å². The van der Waals surface area contributed by atoms with Crippen LogP contribution in [0.1, 0.15) is 46.0 Å². The number of ether oxygens (including phenoxy) is 1. The molecule has 0 bridgehead atoms. The fraction of sp³-hybridized carbons (Fsp3) is 1.00. The first-order valence-electron chi connectivity index (χ1n) is 7.25. The van der Waals surface area contributed by atoms with Crippen LogP contribution >= 0.6 is 0 Å². The number of likely N-dealkylation sites (N-methyl/N-ethyl adjacent to an activating group) is 1. The van der Waals surface area contributed by atoms with Gasteiger partial charge in [-0.15, -0.1) is 0 Å². The molecule has 17 heavy (non-hydrogen) atoms. The van der Waals surface area contributed by atoms with Crippen LogP contribution in [0.15, 0.2) is 0 Å². The fourth-order valence-electron chi connectivity index (χ4n) is 2.94. The van der Waals surface area contributed by atoms with Crippen molar-refractivity contribution in [3.8, 4) is 0 Å². The van der Waals surface area contributed by atoms with E-state index in [0.717, 1.165) is 25.7 Å². The van der Waals surface area contributed by atoms with Crippen LogP contribution in [0.3, 0.4) is 0 Å². The minimum atomic E-state index is 0.639. The van der Waals surface area contributed by atoms with Gasteiger partial charge < -0.3 is 10.1 Å². The second-order valence-corrected chi connectivity index (χ2v) is 5.17. The lowest BCUT2D eigenvalue weighted by molar-refractivity contribution is 0.115. The summed E-state index contributed by atoms with van der Waals surface area (Å²) in [6.45, 7) is 8.66. The van der Waals surface area contributed by atoms with Crippen molar-refractivity contribution in [2.75, 3.05) is 33.4 Å². The minimum Gasteiger partial charge on any atom is -0.383 e. The van der Waals surface area contributed by atoms with Gasteiger partial charge in [0, 0.05) is 32.3 Å². The lowest BCUT2D eigenvalue weighted by Crippen LogP contribution is -2.47. The average Bonchev–Trinajstić information content (AvgIpc) is 2.37. The van der Waals surface area contributed by atoms with Crippen LogP contribution in [0.2, 0.25) is 0 Å². The molecule has 0 amide bonds. The first-order chi connectivity index (χ1) is 8.29. The molecule has 1 aliphatic rings. The van der Waals surface area contributed by atoms with Gasteiger partial charge in [0.1, 0.15) is 0 Å². The van der Waals surface area contributed by atoms with Gasteiger partial charge in [0.05, 0.1) is 6.61 Å². The summed E-state index contributed by atoms with van der Waals surface area (Å²) < 4.78 is 5.05. The molecular formula is C14H30N2O. The van der Waals surface area contributed by atoms with Crippen molar-refractivity contribution in [2.45, 2.75) is 58.0 Å². The predicted molar refractivity (Wildman–Crippen MR) is 73.5 cm³/mol. The van der Waals surface area contributed by atoms with Crippen molar-refractivity contribution >= 4 is 0 Å². The second-order valence-electron chi connectivity index (χ2n) is 5.17. The summed E-state index contributed by atoms with van der Waals surface area (Å²) in [6, 6.07) is 1.47. The maximum Gasteiger partial charge on any atom is 0.0587 e. The second kappa shape index (κ2) is 8.90. The van der Waals surface area contributed by atoms with Crippen molar-refractivity contribution in [2.24, 2.45) is 0 Å². The predicted octanol–water partition coefficient (Wildman–Crippen LogP) is 2.27. The molecule has 1 atom stereocenters. The van der Waals surface area contributed by atoms with Crippen molar-refractivity contribution in [1.29, 1.82) is 0 Å². The first-order valence-corrected chi connectivity index (χ1v) is 7.25. The third-order valence-corrected chi connectivity index (χ3v) is 3.90. The van der Waals surface area contributed by atoms with Gasteiger partial charge in [-0.2, -0.15) is 0 Å². The van der Waals surface area contributed by atoms with Crippen LogP contribution in [0.25, 0.3) is 0 Å². The SMILES string of the molecule is CCN(C(C)CNCCOC)C1CCCCC1. The molecule has 0 aromatic heterocycles. The quantitative estimate of drug-likeness (QED) is 0.661. The number of hydrogen-bond donors (Lipinski definition) is 1. The van der Waals surface area contributed by atoms with Gasteiger partial charge in [0.2, 0.25) is 0 Å². The number of nitrogens with one attached hydrogen (secondary N) is 1. The molecule has 0 aromatic rings. The molecule has 0 saturated heterocycles. The van der Waals surface area contributed by atoms with E-state index in [9.17, 15) is 0 Å². The maximum absolute atomic E-state index is 5.05. The van der Waals surface area contributed by atoms with Crippen molar-refractivity contribution in [1.82, 2.24) is 10.2 Å². The van der Waals surface area contributed by atoms with Gasteiger partial charge >= 0.3 is 0 Å². The monoisotopic (exact) mass is 242 g/mol. The van der Waals surface area contributed by atoms with Crippen molar-refractivity contribution in [3.05, 3.63) is 0 Å². The summed E-state index contributed by atoms with van der Waals surface area (Å²) in [5, 5.41) is 3.47.